The van der Waals surface area contributed by atoms with Crippen LogP contribution in [0.5, 0.6) is 5.75 Å². The van der Waals surface area contributed by atoms with Crippen molar-refractivity contribution in [2.24, 2.45) is 0 Å². The van der Waals surface area contributed by atoms with Crippen LogP contribution in [-0.4, -0.2) is 35.9 Å². The zero-order valence-electron chi connectivity index (χ0n) is 16.4. The highest BCUT2D eigenvalue weighted by molar-refractivity contribution is 5.87. The molecule has 1 atom stereocenters. The van der Waals surface area contributed by atoms with E-state index in [1.165, 1.54) is 17.0 Å². The molecule has 0 saturated heterocycles. The summed E-state index contributed by atoms with van der Waals surface area (Å²) in [4.78, 5) is 26.7. The molecule has 0 radical (unpaired) electrons. The lowest BCUT2D eigenvalue weighted by Crippen LogP contribution is -2.49. The number of unbranched alkanes of at least 4 members (excludes halogenated alkanes) is 1. The molecule has 1 N–H and O–H groups in total. The number of halogens is 1. The molecular weight excluding hydrogens is 359 g/mol. The van der Waals surface area contributed by atoms with Crippen LogP contribution in [0.3, 0.4) is 0 Å². The van der Waals surface area contributed by atoms with Crippen molar-refractivity contribution in [1.29, 1.82) is 0 Å². The number of ether oxygens (including phenoxy) is 1. The fourth-order valence-electron chi connectivity index (χ4n) is 2.68. The van der Waals surface area contributed by atoms with Gasteiger partial charge in [0.05, 0.1) is 0 Å². The van der Waals surface area contributed by atoms with Crippen molar-refractivity contribution in [2.45, 2.75) is 39.3 Å². The van der Waals surface area contributed by atoms with Crippen molar-refractivity contribution in [2.75, 3.05) is 13.2 Å². The average Bonchev–Trinajstić information content (AvgIpc) is 2.71. The Morgan fingerprint density at radius 3 is 2.46 bits per heavy atom. The van der Waals surface area contributed by atoms with E-state index in [4.69, 9.17) is 4.74 Å². The highest BCUT2D eigenvalue weighted by Gasteiger charge is 2.26. The van der Waals surface area contributed by atoms with Crippen LogP contribution in [0.25, 0.3) is 0 Å². The number of para-hydroxylation sites is 1. The largest absolute Gasteiger partial charge is 0.481 e. The maximum absolute atomic E-state index is 13.7. The van der Waals surface area contributed by atoms with Crippen LogP contribution < -0.4 is 10.1 Å². The van der Waals surface area contributed by atoms with Gasteiger partial charge in [-0.2, -0.15) is 0 Å². The number of hydrogen-bond acceptors (Lipinski definition) is 3. The molecule has 0 heterocycles. The van der Waals surface area contributed by atoms with Crippen LogP contribution >= 0.6 is 0 Å². The van der Waals surface area contributed by atoms with E-state index in [1.54, 1.807) is 19.1 Å². The van der Waals surface area contributed by atoms with Crippen LogP contribution in [-0.2, 0) is 16.1 Å². The molecular formula is C22H27FN2O3. The zero-order valence-corrected chi connectivity index (χ0v) is 16.4. The van der Waals surface area contributed by atoms with Crippen LogP contribution in [0.1, 0.15) is 32.3 Å². The molecule has 0 saturated carbocycles. The number of carbonyl (C=O) groups excluding carboxylic acids is 2. The molecule has 150 valence electrons. The Labute approximate surface area is 165 Å². The number of amides is 2. The quantitative estimate of drug-likeness (QED) is 0.636. The summed E-state index contributed by atoms with van der Waals surface area (Å²) in [6.07, 6.45) is 1.85. The molecule has 0 fully saturated rings. The lowest BCUT2D eigenvalue weighted by molar-refractivity contribution is -0.142. The van der Waals surface area contributed by atoms with Crippen LogP contribution in [0, 0.1) is 5.82 Å². The molecule has 5 nitrogen and oxygen atoms in total. The highest BCUT2D eigenvalue weighted by Crippen LogP contribution is 2.16. The van der Waals surface area contributed by atoms with E-state index in [0.717, 1.165) is 18.4 Å². The monoisotopic (exact) mass is 386 g/mol. The van der Waals surface area contributed by atoms with E-state index in [-0.39, 0.29) is 30.7 Å². The summed E-state index contributed by atoms with van der Waals surface area (Å²) in [5, 5.41) is 2.85. The van der Waals surface area contributed by atoms with Gasteiger partial charge in [0.25, 0.3) is 5.91 Å². The Hall–Kier alpha value is -2.89. The average molecular weight is 386 g/mol. The fourth-order valence-corrected chi connectivity index (χ4v) is 2.68. The van der Waals surface area contributed by atoms with Crippen molar-refractivity contribution in [3.63, 3.8) is 0 Å². The van der Waals surface area contributed by atoms with E-state index in [0.29, 0.717) is 6.54 Å². The molecule has 2 aromatic rings. The first-order valence-electron chi connectivity index (χ1n) is 9.51. The predicted octanol–water partition coefficient (Wildman–Crippen LogP) is 3.54. The second-order valence-corrected chi connectivity index (χ2v) is 6.55. The second kappa shape index (κ2) is 11.1. The number of nitrogens with one attached hydrogen (secondary N) is 1. The maximum Gasteiger partial charge on any atom is 0.261 e. The SMILES string of the molecule is CCCCNC(=O)[C@@H](C)N(Cc1ccccc1)C(=O)COc1ccccc1F. The lowest BCUT2D eigenvalue weighted by atomic mass is 10.1. The first-order valence-corrected chi connectivity index (χ1v) is 9.51. The van der Waals surface area contributed by atoms with Gasteiger partial charge in [0.15, 0.2) is 18.2 Å². The van der Waals surface area contributed by atoms with E-state index in [2.05, 4.69) is 5.32 Å². The summed E-state index contributed by atoms with van der Waals surface area (Å²) in [5.74, 6) is -1.13. The molecule has 0 aliphatic carbocycles. The topological polar surface area (TPSA) is 58.6 Å². The molecule has 0 aromatic heterocycles. The third-order valence-electron chi connectivity index (χ3n) is 4.38. The van der Waals surface area contributed by atoms with Gasteiger partial charge in [-0.05, 0) is 31.0 Å². The molecule has 0 spiro atoms. The summed E-state index contributed by atoms with van der Waals surface area (Å²) in [6, 6.07) is 14.7. The molecule has 2 rings (SSSR count). The van der Waals surface area contributed by atoms with Crippen molar-refractivity contribution >= 4 is 11.8 Å². The minimum Gasteiger partial charge on any atom is -0.481 e. The van der Waals surface area contributed by atoms with Crippen molar-refractivity contribution in [3.8, 4) is 5.75 Å². The van der Waals surface area contributed by atoms with Gasteiger partial charge in [0.2, 0.25) is 5.91 Å². The van der Waals surface area contributed by atoms with Gasteiger partial charge in [-0.15, -0.1) is 0 Å². The third kappa shape index (κ3) is 6.37. The molecule has 0 aliphatic rings. The summed E-state index contributed by atoms with van der Waals surface area (Å²) < 4.78 is 19.1. The van der Waals surface area contributed by atoms with E-state index < -0.39 is 11.9 Å². The highest BCUT2D eigenvalue weighted by atomic mass is 19.1. The maximum atomic E-state index is 13.7. The van der Waals surface area contributed by atoms with Gasteiger partial charge in [0, 0.05) is 13.1 Å². The van der Waals surface area contributed by atoms with Gasteiger partial charge in [-0.3, -0.25) is 9.59 Å². The predicted molar refractivity (Wildman–Crippen MR) is 106 cm³/mol. The first-order chi connectivity index (χ1) is 13.5. The molecule has 2 amide bonds. The zero-order chi connectivity index (χ0) is 20.4. The fraction of sp³-hybridized carbons (Fsp3) is 0.364. The summed E-state index contributed by atoms with van der Waals surface area (Å²) >= 11 is 0. The second-order valence-electron chi connectivity index (χ2n) is 6.55. The lowest BCUT2D eigenvalue weighted by Gasteiger charge is -2.28. The standard InChI is InChI=1S/C22H27FN2O3/c1-3-4-14-24-22(27)17(2)25(15-18-10-6-5-7-11-18)21(26)16-28-20-13-9-8-12-19(20)23/h5-13,17H,3-4,14-16H2,1-2H3,(H,24,27)/t17-/m1/s1. The molecule has 0 bridgehead atoms. The number of rotatable bonds is 10. The minimum absolute atomic E-state index is 0.00978. The number of carbonyl (C=O) groups is 2. The van der Waals surface area contributed by atoms with Gasteiger partial charge in [-0.1, -0.05) is 55.8 Å². The number of hydrogen-bond donors (Lipinski definition) is 1. The Bertz CT molecular complexity index is 767. The molecule has 6 heteroatoms. The molecule has 0 unspecified atom stereocenters. The molecule has 28 heavy (non-hydrogen) atoms. The smallest absolute Gasteiger partial charge is 0.261 e. The van der Waals surface area contributed by atoms with Crippen molar-refractivity contribution < 1.29 is 18.7 Å². The van der Waals surface area contributed by atoms with Crippen LogP contribution in [0.2, 0.25) is 0 Å². The van der Waals surface area contributed by atoms with E-state index >= 15 is 0 Å². The van der Waals surface area contributed by atoms with Gasteiger partial charge in [-0.25, -0.2) is 4.39 Å². The minimum atomic E-state index is -0.672. The Balaban J connectivity index is 2.08. The molecule has 2 aromatic carbocycles. The summed E-state index contributed by atoms with van der Waals surface area (Å²) in [6.45, 7) is 4.22. The number of benzene rings is 2. The van der Waals surface area contributed by atoms with Gasteiger partial charge < -0.3 is 15.0 Å². The molecule has 0 aliphatic heterocycles. The third-order valence-corrected chi connectivity index (χ3v) is 4.38. The van der Waals surface area contributed by atoms with E-state index in [1.807, 2.05) is 37.3 Å². The van der Waals surface area contributed by atoms with Gasteiger partial charge in [0.1, 0.15) is 6.04 Å². The normalized spacial score (nSPS) is 11.5. The van der Waals surface area contributed by atoms with Crippen molar-refractivity contribution in [1.82, 2.24) is 10.2 Å². The summed E-state index contributed by atoms with van der Waals surface area (Å²) in [5.41, 5.74) is 0.898. The Morgan fingerprint density at radius 2 is 1.79 bits per heavy atom. The number of nitrogens with zero attached hydrogens (tertiary/aromatic N) is 1. The summed E-state index contributed by atoms with van der Waals surface area (Å²) in [7, 11) is 0. The Kier molecular flexibility index (Phi) is 8.46. The van der Waals surface area contributed by atoms with E-state index in [9.17, 15) is 14.0 Å². The Morgan fingerprint density at radius 1 is 1.11 bits per heavy atom. The van der Waals surface area contributed by atoms with Crippen LogP contribution in [0.4, 0.5) is 4.39 Å². The first kappa shape index (κ1) is 21.4. The van der Waals surface area contributed by atoms with Crippen LogP contribution in [0.15, 0.2) is 54.6 Å². The van der Waals surface area contributed by atoms with Gasteiger partial charge >= 0.3 is 0 Å². The van der Waals surface area contributed by atoms with Crippen molar-refractivity contribution in [3.05, 3.63) is 66.0 Å².